The number of hydrogen-bond donors (Lipinski definition) is 0. The highest BCUT2D eigenvalue weighted by Crippen LogP contribution is 2.19. The lowest BCUT2D eigenvalue weighted by molar-refractivity contribution is -0.674. The maximum absolute atomic E-state index is 10.7. The summed E-state index contributed by atoms with van der Waals surface area (Å²) in [5.74, 6) is 0. The number of hydrogen-bond acceptors (Lipinski definition) is 3. The predicted molar refractivity (Wildman–Crippen MR) is 45.4 cm³/mol. The van der Waals surface area contributed by atoms with Crippen molar-refractivity contribution in [3.05, 3.63) is 34.4 Å². The summed E-state index contributed by atoms with van der Waals surface area (Å²) in [5, 5.41) is 10.7. The summed E-state index contributed by atoms with van der Waals surface area (Å²) in [5.41, 5.74) is -0.665. The van der Waals surface area contributed by atoms with Crippen molar-refractivity contribution in [2.75, 3.05) is 0 Å². The van der Waals surface area contributed by atoms with E-state index in [0.717, 1.165) is 0 Å². The van der Waals surface area contributed by atoms with E-state index in [1.165, 1.54) is 13.8 Å². The number of aromatic nitrogens is 2. The van der Waals surface area contributed by atoms with Crippen LogP contribution < -0.4 is 28.5 Å². The lowest BCUT2D eigenvalue weighted by Crippen LogP contribution is -3.00. The molecule has 14 heavy (non-hydrogen) atoms. The van der Waals surface area contributed by atoms with E-state index < -0.39 is 5.54 Å². The molecule has 0 spiro atoms. The fourth-order valence-electron chi connectivity index (χ4n) is 0.898. The molecule has 0 aliphatic carbocycles. The molecule has 5 nitrogen and oxygen atoms in total. The molecule has 1 aromatic rings. The molecule has 0 unspecified atom stereocenters. The van der Waals surface area contributed by atoms with Crippen LogP contribution in [0.3, 0.4) is 0 Å². The van der Waals surface area contributed by atoms with Crippen LogP contribution in [0.5, 0.6) is 0 Å². The molecule has 0 atom stereocenters. The first kappa shape index (κ1) is 13.2. The van der Waals surface area contributed by atoms with Crippen LogP contribution in [0.2, 0.25) is 0 Å². The standard InChI is InChI=1S/C8H12N3O2.HI/c1-8(2,11(12)13)7-6-10(3)5-4-9-7;/h4-6H,1-3H3;1H/q+1;/p-1. The molecular weight excluding hydrogens is 297 g/mol. The average molecular weight is 309 g/mol. The van der Waals surface area contributed by atoms with E-state index in [4.69, 9.17) is 0 Å². The molecule has 0 aromatic carbocycles. The van der Waals surface area contributed by atoms with Gasteiger partial charge in [0, 0.05) is 18.8 Å². The van der Waals surface area contributed by atoms with Crippen LogP contribution in [0.4, 0.5) is 0 Å². The maximum atomic E-state index is 10.7. The van der Waals surface area contributed by atoms with Crippen molar-refractivity contribution in [1.82, 2.24) is 4.98 Å². The van der Waals surface area contributed by atoms with Crippen molar-refractivity contribution in [2.45, 2.75) is 19.4 Å². The van der Waals surface area contributed by atoms with Crippen LogP contribution >= 0.6 is 0 Å². The van der Waals surface area contributed by atoms with Gasteiger partial charge in [0.05, 0.1) is 6.20 Å². The number of nitrogens with zero attached hydrogens (tertiary/aromatic N) is 3. The molecule has 0 saturated heterocycles. The Balaban J connectivity index is 0.00000169. The van der Waals surface area contributed by atoms with Crippen LogP contribution in [-0.2, 0) is 12.6 Å². The molecule has 0 N–H and O–H groups in total. The Bertz CT molecular complexity index is 341. The second-order valence-electron chi connectivity index (χ2n) is 3.42. The highest BCUT2D eigenvalue weighted by molar-refractivity contribution is 5.01. The van der Waals surface area contributed by atoms with Crippen LogP contribution in [0.1, 0.15) is 19.5 Å². The van der Waals surface area contributed by atoms with Gasteiger partial charge in [0.15, 0.2) is 18.1 Å². The molecule has 0 radical (unpaired) electrons. The molecule has 0 aliphatic rings. The van der Waals surface area contributed by atoms with Crippen molar-refractivity contribution < 1.29 is 33.5 Å². The molecule has 1 aromatic heterocycles. The Morgan fingerprint density at radius 2 is 2.14 bits per heavy atom. The van der Waals surface area contributed by atoms with Crippen LogP contribution in [0, 0.1) is 10.1 Å². The van der Waals surface area contributed by atoms with Crippen molar-refractivity contribution in [3.8, 4) is 0 Å². The quantitative estimate of drug-likeness (QED) is 0.261. The van der Waals surface area contributed by atoms with Crippen molar-refractivity contribution in [3.63, 3.8) is 0 Å². The predicted octanol–water partition coefficient (Wildman–Crippen LogP) is -2.58. The van der Waals surface area contributed by atoms with Crippen molar-refractivity contribution in [1.29, 1.82) is 0 Å². The molecule has 0 saturated carbocycles. The highest BCUT2D eigenvalue weighted by atomic mass is 127. The summed E-state index contributed by atoms with van der Waals surface area (Å²) in [6.45, 7) is 3.07. The average Bonchev–Trinajstić information content (AvgIpc) is 2.04. The first-order valence-electron chi connectivity index (χ1n) is 3.91. The Hall–Kier alpha value is -0.790. The second-order valence-corrected chi connectivity index (χ2v) is 3.42. The van der Waals surface area contributed by atoms with Gasteiger partial charge in [-0.05, 0) is 0 Å². The fourth-order valence-corrected chi connectivity index (χ4v) is 0.898. The minimum absolute atomic E-state index is 0. The van der Waals surface area contributed by atoms with Gasteiger partial charge in [-0.15, -0.1) is 0 Å². The first-order chi connectivity index (χ1) is 5.94. The zero-order valence-corrected chi connectivity index (χ0v) is 10.4. The van der Waals surface area contributed by atoms with Gasteiger partial charge < -0.3 is 24.0 Å². The van der Waals surface area contributed by atoms with Crippen LogP contribution in [-0.4, -0.2) is 9.91 Å². The Morgan fingerprint density at radius 1 is 1.57 bits per heavy atom. The van der Waals surface area contributed by atoms with Gasteiger partial charge in [0.25, 0.3) is 5.54 Å². The Morgan fingerprint density at radius 3 is 2.57 bits per heavy atom. The fraction of sp³-hybridized carbons (Fsp3) is 0.500. The topological polar surface area (TPSA) is 59.9 Å². The van der Waals surface area contributed by atoms with Gasteiger partial charge in [-0.2, -0.15) is 0 Å². The Labute approximate surface area is 99.3 Å². The van der Waals surface area contributed by atoms with E-state index in [0.29, 0.717) is 5.69 Å². The van der Waals surface area contributed by atoms with Gasteiger partial charge in [-0.3, -0.25) is 10.1 Å². The molecule has 0 bridgehead atoms. The van der Waals surface area contributed by atoms with Gasteiger partial charge >= 0.3 is 0 Å². The van der Waals surface area contributed by atoms with E-state index in [1.807, 2.05) is 0 Å². The minimum Gasteiger partial charge on any atom is -1.00 e. The molecule has 0 fully saturated rings. The number of aryl methyl sites for hydroxylation is 1. The molecule has 0 amide bonds. The lowest BCUT2D eigenvalue weighted by atomic mass is 10.0. The zero-order valence-electron chi connectivity index (χ0n) is 8.27. The summed E-state index contributed by atoms with van der Waals surface area (Å²) < 4.78 is 1.74. The van der Waals surface area contributed by atoms with Gasteiger partial charge in [0.2, 0.25) is 0 Å². The van der Waals surface area contributed by atoms with Crippen molar-refractivity contribution >= 4 is 0 Å². The van der Waals surface area contributed by atoms with E-state index in [9.17, 15) is 10.1 Å². The molecule has 1 rings (SSSR count). The van der Waals surface area contributed by atoms with Crippen LogP contribution in [0.25, 0.3) is 0 Å². The minimum atomic E-state index is -1.13. The Kier molecular flexibility index (Phi) is 4.37. The largest absolute Gasteiger partial charge is 1.00 e. The summed E-state index contributed by atoms with van der Waals surface area (Å²) in [6, 6.07) is 0. The molecule has 1 heterocycles. The molecular formula is C8H12IN3O2. The SMILES string of the molecule is C[n+]1ccnc(C(C)(C)[N+](=O)[O-])c1.[I-]. The lowest BCUT2D eigenvalue weighted by Gasteiger charge is -2.12. The molecule has 78 valence electrons. The smallest absolute Gasteiger partial charge is 0.264 e. The molecule has 0 aliphatic heterocycles. The van der Waals surface area contributed by atoms with Gasteiger partial charge in [-0.25, -0.2) is 9.55 Å². The van der Waals surface area contributed by atoms with Gasteiger partial charge in [0.1, 0.15) is 7.05 Å². The normalized spacial score (nSPS) is 10.5. The van der Waals surface area contributed by atoms with E-state index in [2.05, 4.69) is 4.98 Å². The second kappa shape index (κ2) is 4.63. The maximum Gasteiger partial charge on any atom is 0.264 e. The monoisotopic (exact) mass is 309 g/mol. The third-order valence-corrected chi connectivity index (χ3v) is 1.92. The zero-order chi connectivity index (χ0) is 10.1. The number of rotatable bonds is 2. The van der Waals surface area contributed by atoms with E-state index >= 15 is 0 Å². The van der Waals surface area contributed by atoms with Crippen LogP contribution in [0.15, 0.2) is 18.6 Å². The third-order valence-electron chi connectivity index (χ3n) is 1.92. The van der Waals surface area contributed by atoms with E-state index in [1.54, 1.807) is 30.2 Å². The summed E-state index contributed by atoms with van der Waals surface area (Å²) >= 11 is 0. The van der Waals surface area contributed by atoms with Crippen molar-refractivity contribution in [2.24, 2.45) is 7.05 Å². The number of nitro groups is 1. The summed E-state index contributed by atoms with van der Waals surface area (Å²) in [7, 11) is 1.81. The first-order valence-corrected chi connectivity index (χ1v) is 3.91. The highest BCUT2D eigenvalue weighted by Gasteiger charge is 2.36. The molecule has 6 heteroatoms. The third kappa shape index (κ3) is 2.60. The van der Waals surface area contributed by atoms with E-state index in [-0.39, 0.29) is 28.9 Å². The number of halogens is 1. The van der Waals surface area contributed by atoms with Gasteiger partial charge in [-0.1, -0.05) is 0 Å². The summed E-state index contributed by atoms with van der Waals surface area (Å²) in [6.07, 6.45) is 4.95. The summed E-state index contributed by atoms with van der Waals surface area (Å²) in [4.78, 5) is 14.3.